The lowest BCUT2D eigenvalue weighted by atomic mass is 9.96. The lowest BCUT2D eigenvalue weighted by Crippen LogP contribution is -2.46. The Labute approximate surface area is 157 Å². The number of amides is 3. The molecule has 0 radical (unpaired) electrons. The summed E-state index contributed by atoms with van der Waals surface area (Å²) < 4.78 is 0. The van der Waals surface area contributed by atoms with Crippen LogP contribution in [0.3, 0.4) is 0 Å². The van der Waals surface area contributed by atoms with Gasteiger partial charge in [-0.3, -0.25) is 4.79 Å². The molecule has 0 aliphatic carbocycles. The maximum absolute atomic E-state index is 12.6. The molecule has 0 unspecified atom stereocenters. The van der Waals surface area contributed by atoms with Crippen LogP contribution < -0.4 is 5.32 Å². The standard InChI is InChI=1S/C19H24N4O2S/c1-14-13-26-18(20-14)21-17(24)16-8-10-23(11-9-16)19(25)22(2)12-15-6-4-3-5-7-15/h3-7,13,16H,8-12H2,1-2H3,(H,20,21,24). The highest BCUT2D eigenvalue weighted by molar-refractivity contribution is 7.13. The molecule has 1 saturated heterocycles. The van der Waals surface area contributed by atoms with Gasteiger partial charge in [-0.25, -0.2) is 9.78 Å². The van der Waals surface area contributed by atoms with E-state index in [4.69, 9.17) is 0 Å². The Hall–Kier alpha value is -2.41. The van der Waals surface area contributed by atoms with Crippen LogP contribution in [-0.4, -0.2) is 46.9 Å². The van der Waals surface area contributed by atoms with Gasteiger partial charge in [-0.1, -0.05) is 30.3 Å². The first-order valence-corrected chi connectivity index (χ1v) is 9.68. The SMILES string of the molecule is Cc1csc(NC(=O)C2CCN(C(=O)N(C)Cc3ccccc3)CC2)n1. The van der Waals surface area contributed by atoms with Crippen molar-refractivity contribution in [3.63, 3.8) is 0 Å². The molecule has 3 amide bonds. The van der Waals surface area contributed by atoms with E-state index in [-0.39, 0.29) is 17.9 Å². The average Bonchev–Trinajstić information content (AvgIpc) is 3.06. The van der Waals surface area contributed by atoms with E-state index in [1.807, 2.05) is 54.6 Å². The van der Waals surface area contributed by atoms with Crippen LogP contribution in [-0.2, 0) is 11.3 Å². The number of aryl methyl sites for hydroxylation is 1. The second-order valence-electron chi connectivity index (χ2n) is 6.67. The molecule has 0 spiro atoms. The molecular formula is C19H24N4O2S. The average molecular weight is 372 g/mol. The fourth-order valence-corrected chi connectivity index (χ4v) is 3.81. The number of likely N-dealkylation sites (tertiary alicyclic amines) is 1. The largest absolute Gasteiger partial charge is 0.325 e. The third kappa shape index (κ3) is 4.60. The highest BCUT2D eigenvalue weighted by Gasteiger charge is 2.29. The minimum Gasteiger partial charge on any atom is -0.325 e. The van der Waals surface area contributed by atoms with Crippen molar-refractivity contribution in [3.05, 3.63) is 47.0 Å². The van der Waals surface area contributed by atoms with Crippen LogP contribution in [0.1, 0.15) is 24.1 Å². The monoisotopic (exact) mass is 372 g/mol. The summed E-state index contributed by atoms with van der Waals surface area (Å²) in [4.78, 5) is 32.8. The predicted molar refractivity (Wildman–Crippen MR) is 103 cm³/mol. The topological polar surface area (TPSA) is 65.5 Å². The zero-order chi connectivity index (χ0) is 18.5. The second-order valence-corrected chi connectivity index (χ2v) is 7.53. The molecule has 3 rings (SSSR count). The summed E-state index contributed by atoms with van der Waals surface area (Å²) in [7, 11) is 1.82. The van der Waals surface area contributed by atoms with Gasteiger partial charge in [-0.05, 0) is 25.3 Å². The third-order valence-electron chi connectivity index (χ3n) is 4.57. The van der Waals surface area contributed by atoms with Crippen LogP contribution in [0, 0.1) is 12.8 Å². The number of piperidine rings is 1. The van der Waals surface area contributed by atoms with Gasteiger partial charge in [0.25, 0.3) is 0 Å². The maximum atomic E-state index is 12.6. The van der Waals surface area contributed by atoms with E-state index in [9.17, 15) is 9.59 Å². The molecule has 0 saturated carbocycles. The molecule has 6 nitrogen and oxygen atoms in total. The molecule has 1 fully saturated rings. The van der Waals surface area contributed by atoms with Crippen molar-refractivity contribution in [1.82, 2.24) is 14.8 Å². The van der Waals surface area contributed by atoms with E-state index in [0.717, 1.165) is 11.3 Å². The number of hydrogen-bond donors (Lipinski definition) is 1. The van der Waals surface area contributed by atoms with Gasteiger partial charge in [0, 0.05) is 38.0 Å². The van der Waals surface area contributed by atoms with Crippen molar-refractivity contribution in [3.8, 4) is 0 Å². The van der Waals surface area contributed by atoms with Crippen LogP contribution in [0.25, 0.3) is 0 Å². The van der Waals surface area contributed by atoms with Gasteiger partial charge in [0.05, 0.1) is 5.69 Å². The molecule has 1 aromatic carbocycles. The van der Waals surface area contributed by atoms with Gasteiger partial charge >= 0.3 is 6.03 Å². The fourth-order valence-electron chi connectivity index (χ4n) is 3.12. The number of hydrogen-bond acceptors (Lipinski definition) is 4. The summed E-state index contributed by atoms with van der Waals surface area (Å²) in [5.74, 6) is -0.0632. The smallest absolute Gasteiger partial charge is 0.320 e. The zero-order valence-corrected chi connectivity index (χ0v) is 16.0. The van der Waals surface area contributed by atoms with Crippen molar-refractivity contribution >= 4 is 28.4 Å². The Bertz CT molecular complexity index is 754. The molecule has 1 N–H and O–H groups in total. The summed E-state index contributed by atoms with van der Waals surface area (Å²) in [5.41, 5.74) is 2.02. The minimum atomic E-state index is -0.0670. The van der Waals surface area contributed by atoms with Crippen LogP contribution in [0.15, 0.2) is 35.7 Å². The predicted octanol–water partition coefficient (Wildman–Crippen LogP) is 3.35. The number of carbonyl (C=O) groups is 2. The lowest BCUT2D eigenvalue weighted by Gasteiger charge is -2.34. The summed E-state index contributed by atoms with van der Waals surface area (Å²) in [6, 6.07) is 9.96. The normalized spacial score (nSPS) is 14.9. The van der Waals surface area contributed by atoms with Gasteiger partial charge in [-0.2, -0.15) is 0 Å². The van der Waals surface area contributed by atoms with Crippen LogP contribution >= 0.6 is 11.3 Å². The van der Waals surface area contributed by atoms with Gasteiger partial charge in [0.2, 0.25) is 5.91 Å². The van der Waals surface area contributed by atoms with Crippen molar-refractivity contribution in [2.75, 3.05) is 25.5 Å². The van der Waals surface area contributed by atoms with Gasteiger partial charge in [0.1, 0.15) is 0 Å². The summed E-state index contributed by atoms with van der Waals surface area (Å²) in [6.07, 6.45) is 1.36. The van der Waals surface area contributed by atoms with E-state index in [0.29, 0.717) is 37.6 Å². The summed E-state index contributed by atoms with van der Waals surface area (Å²) >= 11 is 1.44. The molecule has 26 heavy (non-hydrogen) atoms. The maximum Gasteiger partial charge on any atom is 0.320 e. The van der Waals surface area contributed by atoms with Crippen LogP contribution in [0.2, 0.25) is 0 Å². The highest BCUT2D eigenvalue weighted by Crippen LogP contribution is 2.22. The second kappa shape index (κ2) is 8.31. The van der Waals surface area contributed by atoms with Crippen molar-refractivity contribution in [2.24, 2.45) is 5.92 Å². The first-order chi connectivity index (χ1) is 12.5. The third-order valence-corrected chi connectivity index (χ3v) is 5.45. The molecular weight excluding hydrogens is 348 g/mol. The minimum absolute atomic E-state index is 0.00379. The first-order valence-electron chi connectivity index (χ1n) is 8.80. The number of rotatable bonds is 4. The van der Waals surface area contributed by atoms with Crippen LogP contribution in [0.5, 0.6) is 0 Å². The Morgan fingerprint density at radius 1 is 1.27 bits per heavy atom. The summed E-state index contributed by atoms with van der Waals surface area (Å²) in [6.45, 7) is 3.70. The van der Waals surface area contributed by atoms with E-state index in [2.05, 4.69) is 10.3 Å². The lowest BCUT2D eigenvalue weighted by molar-refractivity contribution is -0.121. The van der Waals surface area contributed by atoms with E-state index in [1.54, 1.807) is 4.90 Å². The molecule has 2 heterocycles. The molecule has 138 valence electrons. The van der Waals surface area contributed by atoms with Crippen molar-refractivity contribution in [1.29, 1.82) is 0 Å². The summed E-state index contributed by atoms with van der Waals surface area (Å²) in [5, 5.41) is 5.45. The number of anilines is 1. The number of benzene rings is 1. The molecule has 0 atom stereocenters. The van der Waals surface area contributed by atoms with E-state index in [1.165, 1.54) is 11.3 Å². The number of thiazole rings is 1. The number of nitrogens with zero attached hydrogens (tertiary/aromatic N) is 3. The Balaban J connectivity index is 1.48. The molecule has 1 aliphatic rings. The quantitative estimate of drug-likeness (QED) is 0.895. The van der Waals surface area contributed by atoms with Crippen molar-refractivity contribution in [2.45, 2.75) is 26.3 Å². The molecule has 1 aliphatic heterocycles. The Kier molecular flexibility index (Phi) is 5.88. The molecule has 1 aromatic heterocycles. The highest BCUT2D eigenvalue weighted by atomic mass is 32.1. The number of aromatic nitrogens is 1. The van der Waals surface area contributed by atoms with Crippen LogP contribution in [0.4, 0.5) is 9.93 Å². The molecule has 7 heteroatoms. The Morgan fingerprint density at radius 2 is 1.96 bits per heavy atom. The number of nitrogens with one attached hydrogen (secondary N) is 1. The number of carbonyl (C=O) groups excluding carboxylic acids is 2. The van der Waals surface area contributed by atoms with Gasteiger partial charge in [-0.15, -0.1) is 11.3 Å². The van der Waals surface area contributed by atoms with Gasteiger partial charge in [0.15, 0.2) is 5.13 Å². The zero-order valence-electron chi connectivity index (χ0n) is 15.1. The van der Waals surface area contributed by atoms with E-state index < -0.39 is 0 Å². The Morgan fingerprint density at radius 3 is 2.58 bits per heavy atom. The van der Waals surface area contributed by atoms with Gasteiger partial charge < -0.3 is 15.1 Å². The molecule has 0 bridgehead atoms. The fraction of sp³-hybridized carbons (Fsp3) is 0.421. The van der Waals surface area contributed by atoms with E-state index >= 15 is 0 Å². The molecule has 2 aromatic rings. The van der Waals surface area contributed by atoms with Crippen molar-refractivity contribution < 1.29 is 9.59 Å². The first kappa shape index (κ1) is 18.4. The number of urea groups is 1.